The third-order valence-electron chi connectivity index (χ3n) is 3.91. The first kappa shape index (κ1) is 17.4. The molecular weight excluding hydrogens is 306 g/mol. The smallest absolute Gasteiger partial charge is 0.256 e. The Balaban J connectivity index is 2.15. The zero-order chi connectivity index (χ0) is 17.5. The van der Waals surface area contributed by atoms with Crippen LogP contribution in [0.5, 0.6) is 0 Å². The highest BCUT2D eigenvalue weighted by molar-refractivity contribution is 6.45. The van der Waals surface area contributed by atoms with E-state index in [-0.39, 0.29) is 11.6 Å². The summed E-state index contributed by atoms with van der Waals surface area (Å²) in [5.74, 6) is -0.505. The minimum absolute atomic E-state index is 0.0783. The lowest BCUT2D eigenvalue weighted by Crippen LogP contribution is -2.48. The van der Waals surface area contributed by atoms with Crippen LogP contribution in [0.15, 0.2) is 29.4 Å². The fraction of sp³-hybridized carbons (Fsp3) is 0.375. The first-order valence-electron chi connectivity index (χ1n) is 7.75. The van der Waals surface area contributed by atoms with Gasteiger partial charge >= 0.3 is 0 Å². The Kier molecular flexibility index (Phi) is 5.87. The standard InChI is InChI=1S/C16H21N7O/c1-2-22-7-9-23(10-8-22)16(24)12-5-3-4-6-13(12)20-21-14(11-17)15(18)19/h3-6,20H,2,7-10H2,1H3,(H3,18,19)/b21-14+. The first-order valence-corrected chi connectivity index (χ1v) is 7.75. The summed E-state index contributed by atoms with van der Waals surface area (Å²) in [6.45, 7) is 6.17. The molecule has 1 aliphatic rings. The second-order valence-corrected chi connectivity index (χ2v) is 5.37. The van der Waals surface area contributed by atoms with Gasteiger partial charge in [-0.15, -0.1) is 0 Å². The molecule has 1 fully saturated rings. The zero-order valence-electron chi connectivity index (χ0n) is 13.6. The van der Waals surface area contributed by atoms with Crippen LogP contribution in [0.25, 0.3) is 0 Å². The van der Waals surface area contributed by atoms with Gasteiger partial charge in [-0.05, 0) is 18.7 Å². The van der Waals surface area contributed by atoms with Crippen molar-refractivity contribution in [2.24, 2.45) is 10.8 Å². The number of likely N-dealkylation sites (N-methyl/N-ethyl adjacent to an activating group) is 1. The van der Waals surface area contributed by atoms with Crippen molar-refractivity contribution < 1.29 is 4.79 Å². The van der Waals surface area contributed by atoms with Gasteiger partial charge < -0.3 is 15.5 Å². The van der Waals surface area contributed by atoms with Crippen LogP contribution in [0.1, 0.15) is 17.3 Å². The Hall–Kier alpha value is -2.92. The number of nitrogens with one attached hydrogen (secondary N) is 2. The Labute approximate surface area is 141 Å². The monoisotopic (exact) mass is 327 g/mol. The van der Waals surface area contributed by atoms with Gasteiger partial charge in [0.05, 0.1) is 11.3 Å². The van der Waals surface area contributed by atoms with Gasteiger partial charge in [0.15, 0.2) is 5.84 Å². The largest absolute Gasteiger partial charge is 0.382 e. The topological polar surface area (TPSA) is 122 Å². The molecule has 0 aromatic heterocycles. The molecule has 1 heterocycles. The van der Waals surface area contributed by atoms with Gasteiger partial charge in [-0.25, -0.2) is 0 Å². The number of rotatable bonds is 5. The summed E-state index contributed by atoms with van der Waals surface area (Å²) >= 11 is 0. The van der Waals surface area contributed by atoms with Crippen LogP contribution in [-0.2, 0) is 0 Å². The zero-order valence-corrected chi connectivity index (χ0v) is 13.6. The maximum absolute atomic E-state index is 12.8. The molecule has 8 heteroatoms. The third kappa shape index (κ3) is 4.08. The van der Waals surface area contributed by atoms with E-state index >= 15 is 0 Å². The molecule has 0 unspecified atom stereocenters. The quantitative estimate of drug-likeness (QED) is 0.417. The number of hydrogen-bond acceptors (Lipinski definition) is 6. The maximum atomic E-state index is 12.8. The number of nitriles is 1. The Morgan fingerprint density at radius 2 is 2.04 bits per heavy atom. The van der Waals surface area contributed by atoms with Gasteiger partial charge in [0.25, 0.3) is 5.91 Å². The Morgan fingerprint density at radius 3 is 2.62 bits per heavy atom. The first-order chi connectivity index (χ1) is 11.6. The Morgan fingerprint density at radius 1 is 1.38 bits per heavy atom. The number of para-hydroxylation sites is 1. The van der Waals surface area contributed by atoms with Gasteiger partial charge in [0.2, 0.25) is 5.71 Å². The molecule has 4 N–H and O–H groups in total. The van der Waals surface area contributed by atoms with E-state index in [1.54, 1.807) is 30.3 Å². The highest BCUT2D eigenvalue weighted by atomic mass is 16.2. The Bertz CT molecular complexity index is 684. The number of carbonyl (C=O) groups excluding carboxylic acids is 1. The molecule has 0 aliphatic carbocycles. The average molecular weight is 327 g/mol. The fourth-order valence-corrected chi connectivity index (χ4v) is 2.47. The van der Waals surface area contributed by atoms with E-state index in [4.69, 9.17) is 16.4 Å². The van der Waals surface area contributed by atoms with Crippen LogP contribution in [0.2, 0.25) is 0 Å². The molecule has 1 saturated heterocycles. The summed E-state index contributed by atoms with van der Waals surface area (Å²) in [4.78, 5) is 16.9. The lowest BCUT2D eigenvalue weighted by Gasteiger charge is -2.34. The number of anilines is 1. The van der Waals surface area contributed by atoms with E-state index < -0.39 is 5.84 Å². The molecule has 0 bridgehead atoms. The second-order valence-electron chi connectivity index (χ2n) is 5.37. The van der Waals surface area contributed by atoms with E-state index in [1.807, 2.05) is 4.90 Å². The van der Waals surface area contributed by atoms with Crippen molar-refractivity contribution in [3.05, 3.63) is 29.8 Å². The van der Waals surface area contributed by atoms with Gasteiger partial charge in [0, 0.05) is 26.2 Å². The van der Waals surface area contributed by atoms with Crippen LogP contribution in [0.3, 0.4) is 0 Å². The minimum Gasteiger partial charge on any atom is -0.382 e. The number of benzene rings is 1. The number of hydrogen-bond donors (Lipinski definition) is 3. The van der Waals surface area contributed by atoms with Gasteiger partial charge in [-0.1, -0.05) is 19.1 Å². The van der Waals surface area contributed by atoms with Crippen LogP contribution in [0, 0.1) is 16.7 Å². The average Bonchev–Trinajstić information content (AvgIpc) is 2.62. The van der Waals surface area contributed by atoms with Crippen LogP contribution < -0.4 is 11.2 Å². The van der Waals surface area contributed by atoms with Gasteiger partial charge in [0.1, 0.15) is 6.07 Å². The summed E-state index contributed by atoms with van der Waals surface area (Å²) in [5.41, 5.74) is 8.67. The molecule has 0 spiro atoms. The summed E-state index contributed by atoms with van der Waals surface area (Å²) < 4.78 is 0. The van der Waals surface area contributed by atoms with E-state index in [0.717, 1.165) is 19.6 Å². The van der Waals surface area contributed by atoms with Crippen molar-refractivity contribution in [3.8, 4) is 6.07 Å². The van der Waals surface area contributed by atoms with Crippen molar-refractivity contribution in [2.45, 2.75) is 6.92 Å². The number of amidine groups is 1. The third-order valence-corrected chi connectivity index (χ3v) is 3.91. The lowest BCUT2D eigenvalue weighted by molar-refractivity contribution is 0.0644. The summed E-state index contributed by atoms with van der Waals surface area (Å²) in [6, 6.07) is 8.69. The molecule has 1 amide bonds. The van der Waals surface area contributed by atoms with E-state index in [1.165, 1.54) is 0 Å². The SMILES string of the molecule is CCN1CCN(C(=O)c2ccccc2N/N=C(\C#N)C(=N)N)CC1. The molecular formula is C16H21N7O. The molecule has 126 valence electrons. The lowest BCUT2D eigenvalue weighted by atomic mass is 10.1. The van der Waals surface area contributed by atoms with E-state index in [9.17, 15) is 4.79 Å². The molecule has 8 nitrogen and oxygen atoms in total. The molecule has 2 rings (SSSR count). The number of piperazine rings is 1. The van der Waals surface area contributed by atoms with Gasteiger partial charge in [-0.2, -0.15) is 10.4 Å². The van der Waals surface area contributed by atoms with E-state index in [0.29, 0.717) is 24.3 Å². The summed E-state index contributed by atoms with van der Waals surface area (Å²) in [6.07, 6.45) is 0. The fourth-order valence-electron chi connectivity index (χ4n) is 2.47. The molecule has 1 aromatic rings. The molecule has 1 aliphatic heterocycles. The number of nitrogens with two attached hydrogens (primary N) is 1. The number of amides is 1. The van der Waals surface area contributed by atoms with Crippen molar-refractivity contribution in [1.29, 1.82) is 10.7 Å². The predicted octanol–water partition coefficient (Wildman–Crippen LogP) is 0.692. The number of carbonyl (C=O) groups is 1. The molecule has 0 atom stereocenters. The van der Waals surface area contributed by atoms with Crippen LogP contribution in [-0.4, -0.2) is 60.0 Å². The molecule has 0 saturated carbocycles. The molecule has 24 heavy (non-hydrogen) atoms. The number of hydrazone groups is 1. The van der Waals surface area contributed by atoms with Crippen LogP contribution >= 0.6 is 0 Å². The van der Waals surface area contributed by atoms with Crippen molar-refractivity contribution >= 4 is 23.1 Å². The predicted molar refractivity (Wildman–Crippen MR) is 93.0 cm³/mol. The number of nitrogens with zero attached hydrogens (tertiary/aromatic N) is 4. The summed E-state index contributed by atoms with van der Waals surface area (Å²) in [7, 11) is 0. The normalized spacial score (nSPS) is 15.7. The molecule has 0 radical (unpaired) electrons. The highest BCUT2D eigenvalue weighted by Crippen LogP contribution is 2.18. The maximum Gasteiger partial charge on any atom is 0.256 e. The second kappa shape index (κ2) is 8.08. The minimum atomic E-state index is -0.426. The van der Waals surface area contributed by atoms with Crippen molar-refractivity contribution in [2.75, 3.05) is 38.1 Å². The summed E-state index contributed by atoms with van der Waals surface area (Å²) in [5, 5.41) is 19.9. The van der Waals surface area contributed by atoms with Crippen molar-refractivity contribution in [3.63, 3.8) is 0 Å². The van der Waals surface area contributed by atoms with Crippen LogP contribution in [0.4, 0.5) is 5.69 Å². The van der Waals surface area contributed by atoms with Gasteiger partial charge in [-0.3, -0.25) is 15.6 Å². The van der Waals surface area contributed by atoms with E-state index in [2.05, 4.69) is 22.4 Å². The molecule has 1 aromatic carbocycles. The van der Waals surface area contributed by atoms with Crippen molar-refractivity contribution in [1.82, 2.24) is 9.80 Å². The highest BCUT2D eigenvalue weighted by Gasteiger charge is 2.23.